The van der Waals surface area contributed by atoms with Gasteiger partial charge in [-0.2, -0.15) is 0 Å². The molecule has 3 heterocycles. The Bertz CT molecular complexity index is 1350. The highest BCUT2D eigenvalue weighted by atomic mass is 35.5. The van der Waals surface area contributed by atoms with Crippen LogP contribution in [0.4, 0.5) is 11.4 Å². The Hall–Kier alpha value is -4.24. The van der Waals surface area contributed by atoms with Crippen molar-refractivity contribution in [2.24, 2.45) is 5.92 Å². The molecule has 0 bridgehead atoms. The first kappa shape index (κ1) is 22.5. The zero-order valence-corrected chi connectivity index (χ0v) is 19.5. The lowest BCUT2D eigenvalue weighted by molar-refractivity contribution is -0.122. The molecule has 176 valence electrons. The fourth-order valence-electron chi connectivity index (χ4n) is 3.84. The zero-order chi connectivity index (χ0) is 24.4. The SMILES string of the molecule is Cc1nccn1-c1ccc(Oc2ccc(NC(=O)C3CC(=O)N(c4ccc(Cl)cc4)C3)cc2)nn1. The average molecular weight is 489 g/mol. The number of anilines is 2. The molecule has 1 fully saturated rings. The summed E-state index contributed by atoms with van der Waals surface area (Å²) in [6.45, 7) is 2.20. The van der Waals surface area contributed by atoms with Crippen LogP contribution in [0.15, 0.2) is 73.1 Å². The van der Waals surface area contributed by atoms with Gasteiger partial charge in [0.05, 0.1) is 5.92 Å². The summed E-state index contributed by atoms with van der Waals surface area (Å²) in [7, 11) is 0. The molecule has 0 saturated carbocycles. The van der Waals surface area contributed by atoms with Crippen LogP contribution in [0.5, 0.6) is 11.6 Å². The van der Waals surface area contributed by atoms with Gasteiger partial charge >= 0.3 is 0 Å². The number of imidazole rings is 1. The Kier molecular flexibility index (Phi) is 6.15. The van der Waals surface area contributed by atoms with E-state index in [1.165, 1.54) is 0 Å². The molecule has 4 aromatic rings. The van der Waals surface area contributed by atoms with Crippen molar-refractivity contribution in [1.29, 1.82) is 0 Å². The summed E-state index contributed by atoms with van der Waals surface area (Å²) in [5.41, 5.74) is 1.34. The molecule has 5 rings (SSSR count). The molecule has 0 spiro atoms. The molecule has 1 N–H and O–H groups in total. The summed E-state index contributed by atoms with van der Waals surface area (Å²) in [6.07, 6.45) is 3.66. The van der Waals surface area contributed by atoms with Gasteiger partial charge in [-0.3, -0.25) is 14.2 Å². The van der Waals surface area contributed by atoms with E-state index >= 15 is 0 Å². The van der Waals surface area contributed by atoms with Gasteiger partial charge in [0, 0.05) is 47.8 Å². The molecule has 2 amide bonds. The van der Waals surface area contributed by atoms with E-state index in [1.54, 1.807) is 71.8 Å². The van der Waals surface area contributed by atoms with Crippen LogP contribution in [0.1, 0.15) is 12.2 Å². The molecule has 0 radical (unpaired) electrons. The maximum absolute atomic E-state index is 12.8. The molecule has 1 saturated heterocycles. The fourth-order valence-corrected chi connectivity index (χ4v) is 3.97. The highest BCUT2D eigenvalue weighted by molar-refractivity contribution is 6.30. The van der Waals surface area contributed by atoms with Crippen molar-refractivity contribution < 1.29 is 14.3 Å². The standard InChI is InChI=1S/C25H21ClN6O3/c1-16-27-12-13-31(16)22-10-11-23(30-29-22)35-21-8-4-19(5-9-21)28-25(34)17-14-24(33)32(15-17)20-6-2-18(26)3-7-20/h2-13,17H,14-15H2,1H3,(H,28,34). The number of nitrogens with zero attached hydrogens (tertiary/aromatic N) is 5. The van der Waals surface area contributed by atoms with Crippen molar-refractivity contribution in [3.05, 3.63) is 83.9 Å². The molecule has 1 aliphatic heterocycles. The van der Waals surface area contributed by atoms with E-state index in [1.807, 2.05) is 17.7 Å². The van der Waals surface area contributed by atoms with Crippen LogP contribution < -0.4 is 15.0 Å². The Morgan fingerprint density at radius 3 is 2.49 bits per heavy atom. The zero-order valence-electron chi connectivity index (χ0n) is 18.8. The Labute approximate surface area is 206 Å². The van der Waals surface area contributed by atoms with E-state index in [0.29, 0.717) is 34.7 Å². The number of rotatable bonds is 6. The smallest absolute Gasteiger partial charge is 0.238 e. The lowest BCUT2D eigenvalue weighted by Crippen LogP contribution is -2.28. The lowest BCUT2D eigenvalue weighted by Gasteiger charge is -2.16. The van der Waals surface area contributed by atoms with Gasteiger partial charge in [0.1, 0.15) is 11.6 Å². The Morgan fingerprint density at radius 2 is 1.83 bits per heavy atom. The van der Waals surface area contributed by atoms with E-state index in [2.05, 4.69) is 20.5 Å². The van der Waals surface area contributed by atoms with Crippen LogP contribution in [-0.2, 0) is 9.59 Å². The van der Waals surface area contributed by atoms with Crippen LogP contribution in [0, 0.1) is 12.8 Å². The highest BCUT2D eigenvalue weighted by Crippen LogP contribution is 2.28. The number of amides is 2. The first-order chi connectivity index (χ1) is 17.0. The highest BCUT2D eigenvalue weighted by Gasteiger charge is 2.35. The predicted octanol–water partition coefficient (Wildman–Crippen LogP) is 4.41. The van der Waals surface area contributed by atoms with Gasteiger partial charge in [-0.05, 0) is 61.5 Å². The first-order valence-corrected chi connectivity index (χ1v) is 11.3. The summed E-state index contributed by atoms with van der Waals surface area (Å²) < 4.78 is 7.57. The number of ether oxygens (including phenoxy) is 1. The molecule has 9 nitrogen and oxygen atoms in total. The van der Waals surface area contributed by atoms with Crippen molar-refractivity contribution in [2.75, 3.05) is 16.8 Å². The molecule has 1 aliphatic rings. The normalized spacial score (nSPS) is 15.3. The number of carbonyl (C=O) groups is 2. The summed E-state index contributed by atoms with van der Waals surface area (Å²) in [6, 6.07) is 17.4. The predicted molar refractivity (Wildman–Crippen MR) is 131 cm³/mol. The number of carbonyl (C=O) groups excluding carboxylic acids is 2. The van der Waals surface area contributed by atoms with E-state index in [0.717, 1.165) is 11.5 Å². The Morgan fingerprint density at radius 1 is 1.06 bits per heavy atom. The summed E-state index contributed by atoms with van der Waals surface area (Å²) in [4.78, 5) is 31.0. The van der Waals surface area contributed by atoms with Gasteiger partial charge in [0.2, 0.25) is 17.7 Å². The minimum absolute atomic E-state index is 0.0912. The molecular weight excluding hydrogens is 468 g/mol. The number of benzene rings is 2. The Balaban J connectivity index is 1.18. The molecule has 1 unspecified atom stereocenters. The van der Waals surface area contributed by atoms with Crippen molar-refractivity contribution >= 4 is 34.8 Å². The number of aryl methyl sites for hydroxylation is 1. The summed E-state index contributed by atoms with van der Waals surface area (Å²) in [5.74, 6) is 1.60. The number of aromatic nitrogens is 4. The number of nitrogens with one attached hydrogen (secondary N) is 1. The topological polar surface area (TPSA) is 102 Å². The number of hydrogen-bond acceptors (Lipinski definition) is 6. The minimum Gasteiger partial charge on any atom is -0.438 e. The first-order valence-electron chi connectivity index (χ1n) is 10.9. The van der Waals surface area contributed by atoms with Gasteiger partial charge in [0.15, 0.2) is 5.82 Å². The minimum atomic E-state index is -0.443. The number of halogens is 1. The van der Waals surface area contributed by atoms with Crippen molar-refractivity contribution in [3.63, 3.8) is 0 Å². The van der Waals surface area contributed by atoms with Gasteiger partial charge in [0.25, 0.3) is 0 Å². The van der Waals surface area contributed by atoms with E-state index in [-0.39, 0.29) is 18.2 Å². The maximum Gasteiger partial charge on any atom is 0.238 e. The van der Waals surface area contributed by atoms with Crippen molar-refractivity contribution in [1.82, 2.24) is 19.7 Å². The molecule has 0 aliphatic carbocycles. The second-order valence-corrected chi connectivity index (χ2v) is 8.51. The third-order valence-corrected chi connectivity index (χ3v) is 5.93. The molecule has 2 aromatic carbocycles. The maximum atomic E-state index is 12.8. The van der Waals surface area contributed by atoms with Crippen LogP contribution in [0.3, 0.4) is 0 Å². The van der Waals surface area contributed by atoms with Crippen LogP contribution in [-0.4, -0.2) is 38.1 Å². The molecule has 1 atom stereocenters. The average Bonchev–Trinajstić information content (AvgIpc) is 3.47. The third kappa shape index (κ3) is 4.99. The number of hydrogen-bond donors (Lipinski definition) is 1. The lowest BCUT2D eigenvalue weighted by atomic mass is 10.1. The second-order valence-electron chi connectivity index (χ2n) is 8.07. The quantitative estimate of drug-likeness (QED) is 0.431. The molecule has 10 heteroatoms. The van der Waals surface area contributed by atoms with Crippen LogP contribution >= 0.6 is 11.6 Å². The van der Waals surface area contributed by atoms with Crippen LogP contribution in [0.2, 0.25) is 5.02 Å². The molecule has 35 heavy (non-hydrogen) atoms. The third-order valence-electron chi connectivity index (χ3n) is 5.68. The largest absolute Gasteiger partial charge is 0.438 e. The van der Waals surface area contributed by atoms with Crippen molar-refractivity contribution in [3.8, 4) is 17.4 Å². The monoisotopic (exact) mass is 488 g/mol. The van der Waals surface area contributed by atoms with Gasteiger partial charge in [-0.15, -0.1) is 10.2 Å². The van der Waals surface area contributed by atoms with Gasteiger partial charge < -0.3 is 15.0 Å². The van der Waals surface area contributed by atoms with Gasteiger partial charge in [-0.25, -0.2) is 4.98 Å². The van der Waals surface area contributed by atoms with Gasteiger partial charge in [-0.1, -0.05) is 11.6 Å². The summed E-state index contributed by atoms with van der Waals surface area (Å²) in [5, 5.41) is 11.7. The van der Waals surface area contributed by atoms with Crippen LogP contribution in [0.25, 0.3) is 5.82 Å². The molecule has 2 aromatic heterocycles. The summed E-state index contributed by atoms with van der Waals surface area (Å²) >= 11 is 5.93. The van der Waals surface area contributed by atoms with Crippen molar-refractivity contribution in [2.45, 2.75) is 13.3 Å². The van der Waals surface area contributed by atoms with E-state index in [9.17, 15) is 9.59 Å². The van der Waals surface area contributed by atoms with E-state index < -0.39 is 5.92 Å². The fraction of sp³-hybridized carbons (Fsp3) is 0.160. The molecular formula is C25H21ClN6O3. The van der Waals surface area contributed by atoms with E-state index in [4.69, 9.17) is 16.3 Å². The second kappa shape index (κ2) is 9.55.